The molecule has 1 rings (SSSR count). The molecular weight excluding hydrogens is 168 g/mol. The number of guanidine groups is 1. The molecule has 0 bridgehead atoms. The summed E-state index contributed by atoms with van der Waals surface area (Å²) in [6.45, 7) is 0.0487. The van der Waals surface area contributed by atoms with Gasteiger partial charge in [0.2, 0.25) is 5.96 Å². The molecule has 0 radical (unpaired) electrons. The van der Waals surface area contributed by atoms with Gasteiger partial charge in [-0.15, -0.1) is 0 Å². The van der Waals surface area contributed by atoms with Gasteiger partial charge in [0.05, 0.1) is 12.6 Å². The molecule has 76 valence electrons. The minimum absolute atomic E-state index is 0.0487. The van der Waals surface area contributed by atoms with Crippen molar-refractivity contribution in [1.29, 1.82) is 0 Å². The number of nitrogens with zero attached hydrogens (tertiary/aromatic N) is 1. The van der Waals surface area contributed by atoms with Crippen LogP contribution >= 0.6 is 0 Å². The van der Waals surface area contributed by atoms with Crippen molar-refractivity contribution in [2.24, 2.45) is 22.5 Å². The SMILES string of the molecule is NNC(N)=NC(CO)C1CCCC1. The van der Waals surface area contributed by atoms with E-state index in [9.17, 15) is 0 Å². The molecule has 0 spiro atoms. The van der Waals surface area contributed by atoms with Gasteiger partial charge in [0.25, 0.3) is 0 Å². The van der Waals surface area contributed by atoms with E-state index in [2.05, 4.69) is 10.4 Å². The van der Waals surface area contributed by atoms with Crippen molar-refractivity contribution in [2.75, 3.05) is 6.61 Å². The maximum atomic E-state index is 9.10. The molecule has 0 aromatic heterocycles. The summed E-state index contributed by atoms with van der Waals surface area (Å²) in [5.74, 6) is 5.76. The third kappa shape index (κ3) is 2.86. The summed E-state index contributed by atoms with van der Waals surface area (Å²) >= 11 is 0. The Morgan fingerprint density at radius 3 is 2.62 bits per heavy atom. The van der Waals surface area contributed by atoms with E-state index in [-0.39, 0.29) is 18.6 Å². The maximum Gasteiger partial charge on any atom is 0.203 e. The van der Waals surface area contributed by atoms with Crippen molar-refractivity contribution >= 4 is 5.96 Å². The van der Waals surface area contributed by atoms with Crippen molar-refractivity contribution in [1.82, 2.24) is 5.43 Å². The highest BCUT2D eigenvalue weighted by Gasteiger charge is 2.23. The zero-order valence-corrected chi connectivity index (χ0v) is 7.74. The van der Waals surface area contributed by atoms with Gasteiger partial charge >= 0.3 is 0 Å². The molecule has 0 aromatic rings. The van der Waals surface area contributed by atoms with Crippen LogP contribution in [0.1, 0.15) is 25.7 Å². The van der Waals surface area contributed by atoms with E-state index in [0.717, 1.165) is 12.8 Å². The third-order valence-electron chi connectivity index (χ3n) is 2.58. The number of hydrazine groups is 1. The first-order valence-electron chi connectivity index (χ1n) is 4.68. The van der Waals surface area contributed by atoms with Crippen LogP contribution < -0.4 is 17.0 Å². The summed E-state index contributed by atoms with van der Waals surface area (Å²) in [6, 6.07) is -0.0847. The minimum Gasteiger partial charge on any atom is -0.394 e. The molecule has 5 nitrogen and oxygen atoms in total. The molecule has 0 saturated heterocycles. The molecule has 0 amide bonds. The zero-order valence-electron chi connectivity index (χ0n) is 7.74. The zero-order chi connectivity index (χ0) is 9.68. The highest BCUT2D eigenvalue weighted by Crippen LogP contribution is 2.28. The van der Waals surface area contributed by atoms with Crippen LogP contribution in [0.15, 0.2) is 4.99 Å². The fourth-order valence-corrected chi connectivity index (χ4v) is 1.85. The number of nitrogens with two attached hydrogens (primary N) is 2. The van der Waals surface area contributed by atoms with Gasteiger partial charge in [-0.25, -0.2) is 10.8 Å². The van der Waals surface area contributed by atoms with Gasteiger partial charge in [-0.3, -0.25) is 5.43 Å². The molecule has 1 atom stereocenters. The first kappa shape index (κ1) is 10.3. The number of hydrogen-bond acceptors (Lipinski definition) is 3. The van der Waals surface area contributed by atoms with E-state index in [4.69, 9.17) is 16.7 Å². The summed E-state index contributed by atoms with van der Waals surface area (Å²) in [5, 5.41) is 9.10. The van der Waals surface area contributed by atoms with Gasteiger partial charge < -0.3 is 10.8 Å². The summed E-state index contributed by atoms with van der Waals surface area (Å²) in [4.78, 5) is 4.10. The lowest BCUT2D eigenvalue weighted by atomic mass is 10.00. The van der Waals surface area contributed by atoms with Gasteiger partial charge in [-0.05, 0) is 18.8 Å². The molecule has 6 N–H and O–H groups in total. The molecule has 0 aromatic carbocycles. The maximum absolute atomic E-state index is 9.10. The van der Waals surface area contributed by atoms with Crippen molar-refractivity contribution < 1.29 is 5.11 Å². The summed E-state index contributed by atoms with van der Waals surface area (Å²) in [6.07, 6.45) is 4.72. The van der Waals surface area contributed by atoms with Crippen LogP contribution in [0.4, 0.5) is 0 Å². The Kier molecular flexibility index (Phi) is 3.98. The van der Waals surface area contributed by atoms with Crippen LogP contribution in [0.3, 0.4) is 0 Å². The van der Waals surface area contributed by atoms with Crippen molar-refractivity contribution in [3.8, 4) is 0 Å². The molecule has 0 aliphatic heterocycles. The number of aliphatic hydroxyl groups is 1. The average molecular weight is 186 g/mol. The first-order chi connectivity index (χ1) is 6.27. The molecule has 0 heterocycles. The number of aliphatic imine (C=N–C) groups is 1. The normalized spacial score (nSPS) is 21.8. The molecule has 1 aliphatic rings. The largest absolute Gasteiger partial charge is 0.394 e. The van der Waals surface area contributed by atoms with Crippen LogP contribution in [0.5, 0.6) is 0 Å². The first-order valence-corrected chi connectivity index (χ1v) is 4.68. The predicted octanol–water partition coefficient (Wildman–Crippen LogP) is -0.685. The second kappa shape index (κ2) is 5.04. The molecule has 13 heavy (non-hydrogen) atoms. The third-order valence-corrected chi connectivity index (χ3v) is 2.58. The standard InChI is InChI=1S/C8H18N4O/c9-8(12-10)11-7(5-13)6-3-1-2-4-6/h6-7,13H,1-5,10H2,(H3,9,11,12). The lowest BCUT2D eigenvalue weighted by Crippen LogP contribution is -2.39. The Balaban J connectivity index is 2.50. The van der Waals surface area contributed by atoms with E-state index in [0.29, 0.717) is 5.92 Å². The number of rotatable bonds is 3. The van der Waals surface area contributed by atoms with Crippen LogP contribution in [0, 0.1) is 5.92 Å². The lowest BCUT2D eigenvalue weighted by Gasteiger charge is -2.17. The Labute approximate surface area is 78.2 Å². The van der Waals surface area contributed by atoms with Crippen molar-refractivity contribution in [3.05, 3.63) is 0 Å². The minimum atomic E-state index is -0.0847. The van der Waals surface area contributed by atoms with E-state index >= 15 is 0 Å². The molecule has 1 aliphatic carbocycles. The molecule has 1 unspecified atom stereocenters. The Bertz CT molecular complexity index is 177. The lowest BCUT2D eigenvalue weighted by molar-refractivity contribution is 0.228. The van der Waals surface area contributed by atoms with E-state index in [1.54, 1.807) is 0 Å². The second-order valence-corrected chi connectivity index (χ2v) is 3.45. The Hall–Kier alpha value is -0.810. The average Bonchev–Trinajstić information content (AvgIpc) is 2.66. The summed E-state index contributed by atoms with van der Waals surface area (Å²) < 4.78 is 0. The van der Waals surface area contributed by atoms with Crippen LogP contribution in [-0.2, 0) is 0 Å². The topological polar surface area (TPSA) is 96.7 Å². The Morgan fingerprint density at radius 2 is 2.15 bits per heavy atom. The molecule has 1 saturated carbocycles. The molecule has 1 fully saturated rings. The fourth-order valence-electron chi connectivity index (χ4n) is 1.85. The summed E-state index contributed by atoms with van der Waals surface area (Å²) in [7, 11) is 0. The summed E-state index contributed by atoms with van der Waals surface area (Å²) in [5.41, 5.74) is 7.69. The molecular formula is C8H18N4O. The number of nitrogens with one attached hydrogen (secondary N) is 1. The monoisotopic (exact) mass is 186 g/mol. The number of hydrogen-bond donors (Lipinski definition) is 4. The Morgan fingerprint density at radius 1 is 1.54 bits per heavy atom. The van der Waals surface area contributed by atoms with E-state index < -0.39 is 0 Å². The quantitative estimate of drug-likeness (QED) is 0.203. The van der Waals surface area contributed by atoms with Crippen LogP contribution in [-0.4, -0.2) is 23.7 Å². The number of aliphatic hydroxyl groups excluding tert-OH is 1. The fraction of sp³-hybridized carbons (Fsp3) is 0.875. The van der Waals surface area contributed by atoms with Gasteiger partial charge in [0.1, 0.15) is 0 Å². The highest BCUT2D eigenvalue weighted by atomic mass is 16.3. The van der Waals surface area contributed by atoms with Gasteiger partial charge in [-0.1, -0.05) is 12.8 Å². The highest BCUT2D eigenvalue weighted by molar-refractivity contribution is 5.77. The van der Waals surface area contributed by atoms with Gasteiger partial charge in [0.15, 0.2) is 0 Å². The second-order valence-electron chi connectivity index (χ2n) is 3.45. The van der Waals surface area contributed by atoms with Gasteiger partial charge in [-0.2, -0.15) is 0 Å². The van der Waals surface area contributed by atoms with E-state index in [1.165, 1.54) is 12.8 Å². The van der Waals surface area contributed by atoms with Crippen LogP contribution in [0.25, 0.3) is 0 Å². The van der Waals surface area contributed by atoms with Crippen molar-refractivity contribution in [2.45, 2.75) is 31.7 Å². The van der Waals surface area contributed by atoms with Gasteiger partial charge in [0, 0.05) is 0 Å². The van der Waals surface area contributed by atoms with Crippen LogP contribution in [0.2, 0.25) is 0 Å². The smallest absolute Gasteiger partial charge is 0.203 e. The molecule has 5 heteroatoms. The van der Waals surface area contributed by atoms with Crippen molar-refractivity contribution in [3.63, 3.8) is 0 Å². The predicted molar refractivity (Wildman–Crippen MR) is 51.8 cm³/mol. The van der Waals surface area contributed by atoms with E-state index in [1.807, 2.05) is 0 Å².